The van der Waals surface area contributed by atoms with Gasteiger partial charge in [-0.3, -0.25) is 4.31 Å². The molecule has 0 unspecified atom stereocenters. The molecule has 0 spiro atoms. The average molecular weight is 375 g/mol. The molecule has 0 aromatic heterocycles. The molecular formula is C19H21NO5S. The van der Waals surface area contributed by atoms with Gasteiger partial charge >= 0.3 is 5.97 Å². The standard InChI is InChI=1S/C19H21NO5S/c1-5-11-20(16-8-6-7-15(13-16)19(21)25-4)26(22,23)17-9-10-18(24-3)14(2)12-17/h5-10,12-13H,1,11H2,2-4H3. The lowest BCUT2D eigenvalue weighted by Gasteiger charge is -2.24. The van der Waals surface area contributed by atoms with Crippen LogP contribution < -0.4 is 9.04 Å². The highest BCUT2D eigenvalue weighted by Crippen LogP contribution is 2.28. The number of sulfonamides is 1. The van der Waals surface area contributed by atoms with E-state index in [0.717, 1.165) is 0 Å². The molecule has 7 heteroatoms. The predicted molar refractivity (Wildman–Crippen MR) is 100 cm³/mol. The smallest absolute Gasteiger partial charge is 0.337 e. The van der Waals surface area contributed by atoms with Crippen molar-refractivity contribution in [2.75, 3.05) is 25.1 Å². The molecule has 0 saturated heterocycles. The molecule has 0 aliphatic heterocycles. The van der Waals surface area contributed by atoms with Gasteiger partial charge in [0.1, 0.15) is 5.75 Å². The molecular weight excluding hydrogens is 354 g/mol. The van der Waals surface area contributed by atoms with E-state index in [0.29, 0.717) is 17.0 Å². The molecule has 0 N–H and O–H groups in total. The van der Waals surface area contributed by atoms with E-state index in [9.17, 15) is 13.2 Å². The maximum Gasteiger partial charge on any atom is 0.337 e. The summed E-state index contributed by atoms with van der Waals surface area (Å²) in [5.41, 5.74) is 1.32. The van der Waals surface area contributed by atoms with Crippen molar-refractivity contribution in [1.82, 2.24) is 0 Å². The number of carbonyl (C=O) groups excluding carboxylic acids is 1. The summed E-state index contributed by atoms with van der Waals surface area (Å²) in [5.74, 6) is 0.0648. The van der Waals surface area contributed by atoms with Crippen LogP contribution in [0.3, 0.4) is 0 Å². The molecule has 0 atom stereocenters. The number of carbonyl (C=O) groups is 1. The first-order valence-electron chi connectivity index (χ1n) is 7.81. The normalized spacial score (nSPS) is 10.9. The van der Waals surface area contributed by atoms with Crippen molar-refractivity contribution in [1.29, 1.82) is 0 Å². The maximum atomic E-state index is 13.1. The van der Waals surface area contributed by atoms with Crippen LogP contribution in [0.15, 0.2) is 60.0 Å². The minimum absolute atomic E-state index is 0.0536. The third-order valence-electron chi connectivity index (χ3n) is 3.80. The number of nitrogens with zero attached hydrogens (tertiary/aromatic N) is 1. The highest BCUT2D eigenvalue weighted by molar-refractivity contribution is 7.92. The van der Waals surface area contributed by atoms with Gasteiger partial charge in [0, 0.05) is 0 Å². The third-order valence-corrected chi connectivity index (χ3v) is 5.59. The highest BCUT2D eigenvalue weighted by Gasteiger charge is 2.25. The SMILES string of the molecule is C=CCN(c1cccc(C(=O)OC)c1)S(=O)(=O)c1ccc(OC)c(C)c1. The van der Waals surface area contributed by atoms with Gasteiger partial charge in [0.2, 0.25) is 0 Å². The number of hydrogen-bond acceptors (Lipinski definition) is 5. The Bertz CT molecular complexity index is 921. The molecule has 0 aliphatic rings. The van der Waals surface area contributed by atoms with Gasteiger partial charge in [0.05, 0.1) is 36.9 Å². The molecule has 2 aromatic carbocycles. The van der Waals surface area contributed by atoms with Crippen molar-refractivity contribution in [2.24, 2.45) is 0 Å². The number of methoxy groups -OCH3 is 2. The van der Waals surface area contributed by atoms with Gasteiger partial charge in [-0.1, -0.05) is 12.1 Å². The second kappa shape index (κ2) is 8.05. The molecule has 0 heterocycles. The van der Waals surface area contributed by atoms with Crippen molar-refractivity contribution < 1.29 is 22.7 Å². The van der Waals surface area contributed by atoms with Gasteiger partial charge in [-0.2, -0.15) is 0 Å². The Morgan fingerprint density at radius 2 is 1.92 bits per heavy atom. The molecule has 0 radical (unpaired) electrons. The van der Waals surface area contributed by atoms with Crippen LogP contribution in [0.1, 0.15) is 15.9 Å². The first-order valence-corrected chi connectivity index (χ1v) is 9.25. The first kappa shape index (κ1) is 19.5. The molecule has 0 aliphatic carbocycles. The van der Waals surface area contributed by atoms with Crippen LogP contribution in [-0.2, 0) is 14.8 Å². The minimum atomic E-state index is -3.86. The lowest BCUT2D eigenvalue weighted by molar-refractivity contribution is 0.0600. The lowest BCUT2D eigenvalue weighted by atomic mass is 10.2. The number of benzene rings is 2. The summed E-state index contributed by atoms with van der Waals surface area (Å²) in [6, 6.07) is 10.9. The Morgan fingerprint density at radius 3 is 2.50 bits per heavy atom. The molecule has 6 nitrogen and oxygen atoms in total. The van der Waals surface area contributed by atoms with Gasteiger partial charge in [0.15, 0.2) is 0 Å². The Morgan fingerprint density at radius 1 is 1.19 bits per heavy atom. The summed E-state index contributed by atoms with van der Waals surface area (Å²) in [5, 5.41) is 0. The van der Waals surface area contributed by atoms with Crippen LogP contribution in [0.4, 0.5) is 5.69 Å². The molecule has 0 amide bonds. The predicted octanol–water partition coefficient (Wildman–Crippen LogP) is 3.17. The number of rotatable bonds is 7. The van der Waals surface area contributed by atoms with Crippen LogP contribution in [-0.4, -0.2) is 35.2 Å². The van der Waals surface area contributed by atoms with Gasteiger partial charge in [-0.25, -0.2) is 13.2 Å². The van der Waals surface area contributed by atoms with Crippen LogP contribution in [0.25, 0.3) is 0 Å². The van der Waals surface area contributed by atoms with E-state index in [2.05, 4.69) is 6.58 Å². The number of hydrogen-bond donors (Lipinski definition) is 0. The Kier molecular flexibility index (Phi) is 6.05. The average Bonchev–Trinajstić information content (AvgIpc) is 2.65. The zero-order valence-electron chi connectivity index (χ0n) is 14.9. The first-order chi connectivity index (χ1) is 12.3. The van der Waals surface area contributed by atoms with Crippen molar-refractivity contribution in [2.45, 2.75) is 11.8 Å². The van der Waals surface area contributed by atoms with Gasteiger partial charge in [-0.05, 0) is 48.9 Å². The van der Waals surface area contributed by atoms with E-state index in [4.69, 9.17) is 9.47 Å². The summed E-state index contributed by atoms with van der Waals surface area (Å²) in [4.78, 5) is 11.9. The van der Waals surface area contributed by atoms with Gasteiger partial charge < -0.3 is 9.47 Å². The Hall–Kier alpha value is -2.80. The lowest BCUT2D eigenvalue weighted by Crippen LogP contribution is -2.31. The zero-order valence-corrected chi connectivity index (χ0v) is 15.7. The molecule has 2 rings (SSSR count). The summed E-state index contributed by atoms with van der Waals surface area (Å²) in [6.07, 6.45) is 1.48. The summed E-state index contributed by atoms with van der Waals surface area (Å²) >= 11 is 0. The van der Waals surface area contributed by atoms with Crippen LogP contribution in [0.5, 0.6) is 5.75 Å². The maximum absolute atomic E-state index is 13.1. The van der Waals surface area contributed by atoms with E-state index in [1.807, 2.05) is 0 Å². The quantitative estimate of drug-likeness (QED) is 0.549. The molecule has 0 fully saturated rings. The van der Waals surface area contributed by atoms with E-state index in [-0.39, 0.29) is 17.0 Å². The molecule has 138 valence electrons. The monoisotopic (exact) mass is 375 g/mol. The molecule has 0 bridgehead atoms. The summed E-state index contributed by atoms with van der Waals surface area (Å²) in [7, 11) is -1.06. The fraction of sp³-hybridized carbons (Fsp3) is 0.211. The largest absolute Gasteiger partial charge is 0.496 e. The Balaban J connectivity index is 2.53. The van der Waals surface area contributed by atoms with Crippen molar-refractivity contribution >= 4 is 21.7 Å². The molecule has 2 aromatic rings. The number of anilines is 1. The van der Waals surface area contributed by atoms with Crippen LogP contribution in [0.2, 0.25) is 0 Å². The fourth-order valence-electron chi connectivity index (χ4n) is 2.50. The van der Waals surface area contributed by atoms with E-state index >= 15 is 0 Å². The van der Waals surface area contributed by atoms with Crippen molar-refractivity contribution in [3.8, 4) is 5.75 Å². The van der Waals surface area contributed by atoms with Crippen LogP contribution in [0, 0.1) is 6.92 Å². The zero-order chi connectivity index (χ0) is 19.3. The molecule has 0 saturated carbocycles. The van der Waals surface area contributed by atoms with E-state index < -0.39 is 16.0 Å². The highest BCUT2D eigenvalue weighted by atomic mass is 32.2. The number of aryl methyl sites for hydroxylation is 1. The second-order valence-electron chi connectivity index (χ2n) is 5.50. The van der Waals surface area contributed by atoms with Crippen molar-refractivity contribution in [3.05, 3.63) is 66.2 Å². The number of esters is 1. The van der Waals surface area contributed by atoms with E-state index in [1.165, 1.54) is 36.7 Å². The summed E-state index contributed by atoms with van der Waals surface area (Å²) in [6.45, 7) is 5.46. The van der Waals surface area contributed by atoms with Gasteiger partial charge in [0.25, 0.3) is 10.0 Å². The van der Waals surface area contributed by atoms with Crippen LogP contribution >= 0.6 is 0 Å². The fourth-order valence-corrected chi connectivity index (χ4v) is 4.02. The molecule has 26 heavy (non-hydrogen) atoms. The van der Waals surface area contributed by atoms with Crippen molar-refractivity contribution in [3.63, 3.8) is 0 Å². The minimum Gasteiger partial charge on any atom is -0.496 e. The number of ether oxygens (including phenoxy) is 2. The second-order valence-corrected chi connectivity index (χ2v) is 7.36. The summed E-state index contributed by atoms with van der Waals surface area (Å²) < 4.78 is 37.4. The Labute approximate surface area is 153 Å². The van der Waals surface area contributed by atoms with Gasteiger partial charge in [-0.15, -0.1) is 6.58 Å². The topological polar surface area (TPSA) is 72.9 Å². The van der Waals surface area contributed by atoms with E-state index in [1.54, 1.807) is 37.3 Å². The third kappa shape index (κ3) is 3.88.